The number of hydrogen-bond donors (Lipinski definition) is 3. The van der Waals surface area contributed by atoms with Gasteiger partial charge in [-0.2, -0.15) is 0 Å². The summed E-state index contributed by atoms with van der Waals surface area (Å²) in [5.74, 6) is -8.60. The molecule has 378 valence electrons. The van der Waals surface area contributed by atoms with Crippen molar-refractivity contribution < 1.29 is 72.6 Å². The molecular weight excluding hydrogens is 867 g/mol. The maximum Gasteiger partial charge on any atom is 0.329 e. The van der Waals surface area contributed by atoms with Crippen molar-refractivity contribution in [1.29, 1.82) is 0 Å². The second-order valence-electron chi connectivity index (χ2n) is 19.5. The van der Waals surface area contributed by atoms with Gasteiger partial charge < -0.3 is 43.9 Å². The number of ketones is 3. The molecule has 2 saturated heterocycles. The highest BCUT2D eigenvalue weighted by Gasteiger charge is 2.53. The number of ether oxygens (including phenoxy) is 5. The van der Waals surface area contributed by atoms with Crippen LogP contribution in [0.2, 0.25) is 0 Å². The first kappa shape index (κ1) is 57.5. The summed E-state index contributed by atoms with van der Waals surface area (Å²) >= 11 is 0. The van der Waals surface area contributed by atoms with Crippen LogP contribution in [0.25, 0.3) is 0 Å². The predicted molar refractivity (Wildman–Crippen MR) is 248 cm³/mol. The minimum Gasteiger partial charge on any atom is -0.460 e. The molecule has 2 heterocycles. The largest absolute Gasteiger partial charge is 0.460 e. The number of rotatable bonds is 26. The molecule has 0 bridgehead atoms. The van der Waals surface area contributed by atoms with Crippen molar-refractivity contribution in [1.82, 2.24) is 4.90 Å². The molecule has 0 spiro atoms. The van der Waals surface area contributed by atoms with Crippen LogP contribution in [-0.2, 0) is 57.2 Å². The second kappa shape index (κ2) is 27.4. The van der Waals surface area contributed by atoms with E-state index in [4.69, 9.17) is 23.7 Å². The molecule has 1 aliphatic carbocycles. The SMILES string of the molecule is CO[C@@H](C[C@@H]1CC[C@@H](C)[C@](O)(C(=O)C(=O)N2CCCC[C@H]2C(=O)OC(CC(=O)[C@H](C)/C=C(\C)[C@@H](O)[C@@H](OC)C(=O)[C@H](C)C[C@H](C)/C=C/C=O)[C@H](C)C[C@@H]2CC[C@@H](O)[C@H](OC)C2)O1)/C(C)=C/C=O. The molecule has 0 aromatic heterocycles. The predicted octanol–water partition coefficient (Wildman–Crippen LogP) is 5.01. The van der Waals surface area contributed by atoms with Gasteiger partial charge in [0.05, 0.1) is 24.4 Å². The number of allylic oxidation sites excluding steroid dienone is 4. The molecule has 3 N–H and O–H groups in total. The molecule has 1 unspecified atom stereocenters. The lowest BCUT2D eigenvalue weighted by molar-refractivity contribution is -0.265. The fourth-order valence-corrected chi connectivity index (χ4v) is 9.93. The first-order valence-electron chi connectivity index (χ1n) is 24.1. The van der Waals surface area contributed by atoms with Crippen LogP contribution in [-0.4, -0.2) is 144 Å². The van der Waals surface area contributed by atoms with Gasteiger partial charge in [-0.1, -0.05) is 46.8 Å². The number of aliphatic hydroxyl groups excluding tert-OH is 2. The fourth-order valence-electron chi connectivity index (χ4n) is 9.93. The van der Waals surface area contributed by atoms with E-state index in [2.05, 4.69) is 0 Å². The quantitative estimate of drug-likeness (QED) is 0.0341. The van der Waals surface area contributed by atoms with Crippen LogP contribution >= 0.6 is 0 Å². The van der Waals surface area contributed by atoms with Gasteiger partial charge in [0, 0.05) is 58.5 Å². The van der Waals surface area contributed by atoms with E-state index in [1.165, 1.54) is 26.4 Å². The first-order valence-corrected chi connectivity index (χ1v) is 24.1. The lowest BCUT2D eigenvalue weighted by Crippen LogP contribution is -2.61. The molecule has 1 amide bonds. The summed E-state index contributed by atoms with van der Waals surface area (Å²) in [4.78, 5) is 93.1. The zero-order valence-corrected chi connectivity index (χ0v) is 41.4. The van der Waals surface area contributed by atoms with E-state index >= 15 is 0 Å². The summed E-state index contributed by atoms with van der Waals surface area (Å²) in [5, 5.41) is 33.6. The molecule has 0 radical (unpaired) electrons. The van der Waals surface area contributed by atoms with Crippen molar-refractivity contribution in [3.05, 3.63) is 35.5 Å². The average Bonchev–Trinajstić information content (AvgIpc) is 3.30. The van der Waals surface area contributed by atoms with Crippen LogP contribution < -0.4 is 0 Å². The number of esters is 1. The van der Waals surface area contributed by atoms with E-state index in [0.29, 0.717) is 81.5 Å². The van der Waals surface area contributed by atoms with E-state index in [0.717, 1.165) is 4.90 Å². The summed E-state index contributed by atoms with van der Waals surface area (Å²) in [6.07, 6.45) is 6.39. The second-order valence-corrected chi connectivity index (χ2v) is 19.5. The smallest absolute Gasteiger partial charge is 0.329 e. The number of likely N-dealkylation sites (tertiary alicyclic amines) is 1. The van der Waals surface area contributed by atoms with Gasteiger partial charge in [0.15, 0.2) is 5.78 Å². The molecule has 0 aromatic carbocycles. The van der Waals surface area contributed by atoms with Gasteiger partial charge in [-0.15, -0.1) is 0 Å². The van der Waals surface area contributed by atoms with Crippen LogP contribution in [0.1, 0.15) is 126 Å². The Labute approximate surface area is 397 Å². The number of hydrogen-bond acceptors (Lipinski definition) is 15. The third-order valence-electron chi connectivity index (χ3n) is 14.3. The summed E-state index contributed by atoms with van der Waals surface area (Å²) in [7, 11) is 4.35. The number of methoxy groups -OCH3 is 3. The van der Waals surface area contributed by atoms with Crippen LogP contribution in [0.5, 0.6) is 0 Å². The van der Waals surface area contributed by atoms with Gasteiger partial charge >= 0.3 is 5.97 Å². The van der Waals surface area contributed by atoms with Crippen molar-refractivity contribution in [3.63, 3.8) is 0 Å². The molecular formula is C51H79NO15. The molecule has 0 aromatic rings. The summed E-state index contributed by atoms with van der Waals surface area (Å²) in [6.45, 7) is 12.1. The molecule has 16 nitrogen and oxygen atoms in total. The van der Waals surface area contributed by atoms with Gasteiger partial charge in [-0.05, 0) is 119 Å². The fraction of sp³-hybridized carbons (Fsp3) is 0.745. The maximum atomic E-state index is 14.4. The summed E-state index contributed by atoms with van der Waals surface area (Å²) in [6, 6.07) is -1.19. The van der Waals surface area contributed by atoms with Crippen molar-refractivity contribution in [2.24, 2.45) is 35.5 Å². The third-order valence-corrected chi connectivity index (χ3v) is 14.3. The Morgan fingerprint density at radius 1 is 0.896 bits per heavy atom. The number of nitrogens with zero attached hydrogens (tertiary/aromatic N) is 1. The Balaban J connectivity index is 1.85. The zero-order chi connectivity index (χ0) is 50.2. The van der Waals surface area contributed by atoms with Gasteiger partial charge in [0.2, 0.25) is 5.79 Å². The van der Waals surface area contributed by atoms with Crippen molar-refractivity contribution in [2.75, 3.05) is 27.9 Å². The van der Waals surface area contributed by atoms with Crippen molar-refractivity contribution in [2.45, 2.75) is 180 Å². The molecule has 2 aliphatic heterocycles. The molecule has 67 heavy (non-hydrogen) atoms. The number of aldehydes is 2. The summed E-state index contributed by atoms with van der Waals surface area (Å²) in [5.41, 5.74) is 0.970. The van der Waals surface area contributed by atoms with Crippen LogP contribution in [0, 0.1) is 35.5 Å². The van der Waals surface area contributed by atoms with Crippen LogP contribution in [0.4, 0.5) is 0 Å². The number of carbonyl (C=O) groups excluding carboxylic acids is 7. The normalized spacial score (nSPS) is 28.9. The third kappa shape index (κ3) is 15.9. The molecule has 16 heteroatoms. The molecule has 1 saturated carbocycles. The lowest BCUT2D eigenvalue weighted by Gasteiger charge is -2.42. The Morgan fingerprint density at radius 3 is 2.22 bits per heavy atom. The minimum atomic E-state index is -2.48. The highest BCUT2D eigenvalue weighted by atomic mass is 16.6. The topological polar surface area (TPSA) is 230 Å². The van der Waals surface area contributed by atoms with E-state index < -0.39 is 83.9 Å². The number of aliphatic hydroxyl groups is 3. The van der Waals surface area contributed by atoms with Crippen molar-refractivity contribution in [3.8, 4) is 0 Å². The van der Waals surface area contributed by atoms with Gasteiger partial charge in [0.25, 0.3) is 11.7 Å². The first-order chi connectivity index (χ1) is 31.7. The summed E-state index contributed by atoms with van der Waals surface area (Å²) < 4.78 is 28.8. The lowest BCUT2D eigenvalue weighted by atomic mass is 9.78. The van der Waals surface area contributed by atoms with E-state index in [-0.39, 0.29) is 61.2 Å². The number of amides is 1. The molecule has 3 aliphatic rings. The van der Waals surface area contributed by atoms with E-state index in [1.54, 1.807) is 53.9 Å². The Bertz CT molecular complexity index is 1780. The highest BCUT2D eigenvalue weighted by molar-refractivity contribution is 6.39. The van der Waals surface area contributed by atoms with Crippen LogP contribution in [0.15, 0.2) is 35.5 Å². The van der Waals surface area contributed by atoms with E-state index in [9.17, 15) is 48.9 Å². The van der Waals surface area contributed by atoms with Gasteiger partial charge in [0.1, 0.15) is 42.7 Å². The minimum absolute atomic E-state index is 0.0467. The maximum absolute atomic E-state index is 14.4. The van der Waals surface area contributed by atoms with E-state index in [1.807, 2.05) is 13.8 Å². The number of carbonyl (C=O) groups is 7. The molecule has 3 rings (SSSR count). The van der Waals surface area contributed by atoms with Gasteiger partial charge in [-0.3, -0.25) is 28.8 Å². The average molecular weight is 946 g/mol. The number of Topliss-reactive ketones (excluding diaryl/α,β-unsaturated/α-hetero) is 3. The number of piperidine rings is 1. The monoisotopic (exact) mass is 946 g/mol. The Hall–Kier alpha value is -3.77. The standard InChI is InChI=1S/C51H79NO15/c1-30(14-13-22-53)24-34(5)45(57)47(65-10)46(58)35(6)25-32(3)41(56)29-43(33(4)26-37-17-19-40(55)44(27-37)64-9)66-50(61)39-15-11-12-21-52(39)49(60)48(59)51(62)36(7)16-18-38(67-51)28-42(63-8)31(2)20-23-54/h13-14,20,22-23,25,30,32-34,36-40,42-44,46-47,55,58,62H,11-12,15-19,21,24,26-29H2,1-10H3/b14-13+,31-20+,35-25+/t30-,32-,33-,34-,36-,37+,38+,39+,40-,42+,43?,44-,46-,47+,51-/m1/s1. The molecule has 15 atom stereocenters. The Kier molecular flexibility index (Phi) is 23.6. The van der Waals surface area contributed by atoms with Crippen LogP contribution in [0.3, 0.4) is 0 Å². The highest BCUT2D eigenvalue weighted by Crippen LogP contribution is 2.37. The van der Waals surface area contributed by atoms with Gasteiger partial charge in [-0.25, -0.2) is 4.79 Å². The molecule has 3 fully saturated rings. The van der Waals surface area contributed by atoms with Crippen molar-refractivity contribution >= 4 is 41.8 Å². The Morgan fingerprint density at radius 2 is 1.60 bits per heavy atom. The zero-order valence-electron chi connectivity index (χ0n) is 41.4.